The Bertz CT molecular complexity index is 1040. The maximum absolute atomic E-state index is 11.8. The number of hydrogen-bond donors (Lipinski definition) is 2. The zero-order valence-electron chi connectivity index (χ0n) is 13.8. The maximum Gasteiger partial charge on any atom is 0.365 e. The van der Waals surface area contributed by atoms with Gasteiger partial charge >= 0.3 is 5.69 Å². The molecule has 2 N–H and O–H groups in total. The molecule has 0 bridgehead atoms. The zero-order valence-corrected chi connectivity index (χ0v) is 13.8. The van der Waals surface area contributed by atoms with E-state index in [4.69, 9.17) is 4.74 Å². The number of anilines is 2. The van der Waals surface area contributed by atoms with Gasteiger partial charge in [-0.1, -0.05) is 29.0 Å². The first-order chi connectivity index (χ1) is 12.0. The number of nitrogens with zero attached hydrogens (tertiary/aromatic N) is 2. The maximum atomic E-state index is 11.8. The Hall–Kier alpha value is -3.48. The summed E-state index contributed by atoms with van der Waals surface area (Å²) in [5, 5.41) is 12.4. The van der Waals surface area contributed by atoms with Gasteiger partial charge in [0, 0.05) is 18.8 Å². The van der Waals surface area contributed by atoms with Crippen LogP contribution in [-0.4, -0.2) is 21.6 Å². The van der Waals surface area contributed by atoms with Gasteiger partial charge in [0.05, 0.1) is 7.11 Å². The normalized spacial score (nSPS) is 10.5. The molecule has 0 fully saturated rings. The zero-order chi connectivity index (χ0) is 18.0. The fourth-order valence-electron chi connectivity index (χ4n) is 2.46. The van der Waals surface area contributed by atoms with E-state index in [0.29, 0.717) is 5.69 Å². The van der Waals surface area contributed by atoms with Crippen LogP contribution in [0.15, 0.2) is 64.2 Å². The van der Waals surface area contributed by atoms with Crippen LogP contribution < -0.4 is 21.3 Å². The lowest BCUT2D eigenvalue weighted by molar-refractivity contribution is 0.156. The van der Waals surface area contributed by atoms with Crippen LogP contribution in [0.25, 0.3) is 11.1 Å². The highest BCUT2D eigenvalue weighted by molar-refractivity contribution is 5.71. The van der Waals surface area contributed by atoms with E-state index in [-0.39, 0.29) is 10.5 Å². The lowest BCUT2D eigenvalue weighted by Crippen LogP contribution is -2.37. The molecule has 0 spiro atoms. The molecule has 0 radical (unpaired) electrons. The van der Waals surface area contributed by atoms with E-state index in [1.165, 1.54) is 7.05 Å². The average Bonchev–Trinajstić information content (AvgIpc) is 2.64. The molecule has 128 valence electrons. The van der Waals surface area contributed by atoms with E-state index < -0.39 is 11.2 Å². The van der Waals surface area contributed by atoms with Crippen LogP contribution in [0, 0.1) is 0 Å². The first-order valence-electron chi connectivity index (χ1n) is 7.53. The highest BCUT2D eigenvalue weighted by Crippen LogP contribution is 2.26. The van der Waals surface area contributed by atoms with Gasteiger partial charge in [0.2, 0.25) is 0 Å². The summed E-state index contributed by atoms with van der Waals surface area (Å²) < 4.78 is 6.46. The summed E-state index contributed by atoms with van der Waals surface area (Å²) in [6.45, 7) is 0. The summed E-state index contributed by atoms with van der Waals surface area (Å²) in [5.74, 6) is 1.04. The van der Waals surface area contributed by atoms with E-state index in [2.05, 4.69) is 5.32 Å². The monoisotopic (exact) mass is 339 g/mol. The lowest BCUT2D eigenvalue weighted by atomic mass is 10.0. The molecular weight excluding hydrogens is 322 g/mol. The summed E-state index contributed by atoms with van der Waals surface area (Å²) in [4.78, 5) is 23.4. The molecule has 1 aromatic heterocycles. The van der Waals surface area contributed by atoms with Crippen molar-refractivity contribution in [2.45, 2.75) is 0 Å². The molecule has 1 heterocycles. The van der Waals surface area contributed by atoms with Gasteiger partial charge in [-0.3, -0.25) is 9.36 Å². The average molecular weight is 339 g/mol. The van der Waals surface area contributed by atoms with Gasteiger partial charge in [-0.05, 0) is 35.4 Å². The van der Waals surface area contributed by atoms with Crippen molar-refractivity contribution in [1.82, 2.24) is 9.30 Å². The first-order valence-corrected chi connectivity index (χ1v) is 7.53. The Balaban J connectivity index is 1.98. The number of rotatable bonds is 4. The minimum absolute atomic E-state index is 0.0673. The third-order valence-electron chi connectivity index (χ3n) is 3.84. The van der Waals surface area contributed by atoms with Crippen LogP contribution in [-0.2, 0) is 7.05 Å². The topological polar surface area (TPSA) is 85.5 Å². The van der Waals surface area contributed by atoms with Crippen LogP contribution in [0.5, 0.6) is 5.75 Å². The standard InChI is InChI=1S/C18H17N3O4/c1-20-16(11-17(22)21(24)18(20)23)19-14-7-3-5-12(9-14)13-6-4-8-15(10-13)25-2/h3-11,19,24H,1-2H3. The van der Waals surface area contributed by atoms with Gasteiger partial charge in [-0.15, -0.1) is 0 Å². The summed E-state index contributed by atoms with van der Waals surface area (Å²) in [7, 11) is 3.07. The summed E-state index contributed by atoms with van der Waals surface area (Å²) in [6, 6.07) is 16.3. The van der Waals surface area contributed by atoms with Crippen molar-refractivity contribution in [2.24, 2.45) is 7.05 Å². The molecule has 7 nitrogen and oxygen atoms in total. The molecule has 3 rings (SSSR count). The second kappa shape index (κ2) is 6.56. The molecule has 0 aliphatic carbocycles. The third kappa shape index (κ3) is 3.25. The van der Waals surface area contributed by atoms with Crippen LogP contribution in [0.3, 0.4) is 0 Å². The molecule has 0 amide bonds. The fourth-order valence-corrected chi connectivity index (χ4v) is 2.46. The minimum atomic E-state index is -0.820. The summed E-state index contributed by atoms with van der Waals surface area (Å²) in [6.07, 6.45) is 0. The molecule has 2 aromatic carbocycles. The van der Waals surface area contributed by atoms with Gasteiger partial charge in [-0.25, -0.2) is 4.79 Å². The predicted molar refractivity (Wildman–Crippen MR) is 94.8 cm³/mol. The Morgan fingerprint density at radius 2 is 1.68 bits per heavy atom. The predicted octanol–water partition coefficient (Wildman–Crippen LogP) is 2.20. The Kier molecular flexibility index (Phi) is 4.30. The number of ether oxygens (including phenoxy) is 1. The molecular formula is C18H17N3O4. The Labute approximate surface area is 143 Å². The summed E-state index contributed by atoms with van der Waals surface area (Å²) >= 11 is 0. The van der Waals surface area contributed by atoms with Crippen molar-refractivity contribution >= 4 is 11.5 Å². The van der Waals surface area contributed by atoms with Gasteiger partial charge in [0.25, 0.3) is 5.56 Å². The molecule has 0 aliphatic rings. The van der Waals surface area contributed by atoms with Crippen LogP contribution >= 0.6 is 0 Å². The highest BCUT2D eigenvalue weighted by Gasteiger charge is 2.08. The second-order valence-corrected chi connectivity index (χ2v) is 5.46. The third-order valence-corrected chi connectivity index (χ3v) is 3.84. The Morgan fingerprint density at radius 3 is 2.40 bits per heavy atom. The minimum Gasteiger partial charge on any atom is -0.497 e. The molecule has 0 unspecified atom stereocenters. The Morgan fingerprint density at radius 1 is 1.00 bits per heavy atom. The van der Waals surface area contributed by atoms with Crippen molar-refractivity contribution in [1.29, 1.82) is 0 Å². The molecule has 0 saturated carbocycles. The summed E-state index contributed by atoms with van der Waals surface area (Å²) in [5.41, 5.74) is 1.01. The van der Waals surface area contributed by atoms with E-state index in [9.17, 15) is 14.8 Å². The SMILES string of the molecule is COc1cccc(-c2cccc(Nc3cc(=O)n(O)c(=O)n3C)c2)c1. The van der Waals surface area contributed by atoms with E-state index in [1.807, 2.05) is 48.5 Å². The molecule has 0 saturated heterocycles. The highest BCUT2D eigenvalue weighted by atomic mass is 16.5. The molecule has 0 aliphatic heterocycles. The van der Waals surface area contributed by atoms with Crippen molar-refractivity contribution in [2.75, 3.05) is 12.4 Å². The largest absolute Gasteiger partial charge is 0.497 e. The number of hydrogen-bond acceptors (Lipinski definition) is 5. The molecule has 25 heavy (non-hydrogen) atoms. The van der Waals surface area contributed by atoms with Gasteiger partial charge in [0.15, 0.2) is 0 Å². The number of benzene rings is 2. The van der Waals surface area contributed by atoms with Gasteiger partial charge in [-0.2, -0.15) is 0 Å². The van der Waals surface area contributed by atoms with Gasteiger partial charge < -0.3 is 15.3 Å². The fraction of sp³-hybridized carbons (Fsp3) is 0.111. The van der Waals surface area contributed by atoms with Gasteiger partial charge in [0.1, 0.15) is 11.6 Å². The van der Waals surface area contributed by atoms with E-state index >= 15 is 0 Å². The smallest absolute Gasteiger partial charge is 0.365 e. The molecule has 7 heteroatoms. The van der Waals surface area contributed by atoms with Crippen molar-refractivity contribution in [3.8, 4) is 16.9 Å². The quantitative estimate of drug-likeness (QED) is 0.712. The lowest BCUT2D eigenvalue weighted by Gasteiger charge is -2.12. The number of aromatic nitrogens is 2. The van der Waals surface area contributed by atoms with Crippen LogP contribution in [0.1, 0.15) is 0 Å². The first kappa shape index (κ1) is 16.4. The number of nitrogens with one attached hydrogen (secondary N) is 1. The second-order valence-electron chi connectivity index (χ2n) is 5.46. The van der Waals surface area contributed by atoms with Crippen molar-refractivity contribution in [3.05, 3.63) is 75.4 Å². The van der Waals surface area contributed by atoms with E-state index in [1.54, 1.807) is 7.11 Å². The van der Waals surface area contributed by atoms with E-state index in [0.717, 1.165) is 27.5 Å². The van der Waals surface area contributed by atoms with Crippen LogP contribution in [0.2, 0.25) is 0 Å². The molecule has 3 aromatic rings. The number of methoxy groups -OCH3 is 1. The van der Waals surface area contributed by atoms with Crippen molar-refractivity contribution < 1.29 is 9.94 Å². The molecule has 0 atom stereocenters. The van der Waals surface area contributed by atoms with Crippen molar-refractivity contribution in [3.63, 3.8) is 0 Å². The van der Waals surface area contributed by atoms with Crippen LogP contribution in [0.4, 0.5) is 11.5 Å².